The van der Waals surface area contributed by atoms with Crippen molar-refractivity contribution in [3.63, 3.8) is 0 Å². The summed E-state index contributed by atoms with van der Waals surface area (Å²) in [5.41, 5.74) is 0. The third-order valence-electron chi connectivity index (χ3n) is 1.58. The topological polar surface area (TPSA) is 107 Å². The van der Waals surface area contributed by atoms with E-state index in [1.807, 2.05) is 0 Å². The molecule has 13 heavy (non-hydrogen) atoms. The SMILES string of the molecule is COC(=O)C[C@@H](O)[C@H](O)[C@H](O)CO. The van der Waals surface area contributed by atoms with Crippen molar-refractivity contribution < 1.29 is 30.0 Å². The van der Waals surface area contributed by atoms with Crippen molar-refractivity contribution in [1.29, 1.82) is 0 Å². The van der Waals surface area contributed by atoms with E-state index in [1.165, 1.54) is 0 Å². The summed E-state index contributed by atoms with van der Waals surface area (Å²) in [5.74, 6) is -0.698. The Morgan fingerprint density at radius 3 is 2.23 bits per heavy atom. The Balaban J connectivity index is 3.95. The molecule has 3 atom stereocenters. The van der Waals surface area contributed by atoms with Crippen molar-refractivity contribution in [3.05, 3.63) is 0 Å². The zero-order valence-corrected chi connectivity index (χ0v) is 7.25. The van der Waals surface area contributed by atoms with Crippen molar-refractivity contribution >= 4 is 5.97 Å². The van der Waals surface area contributed by atoms with E-state index < -0.39 is 37.3 Å². The van der Waals surface area contributed by atoms with Gasteiger partial charge in [-0.3, -0.25) is 4.79 Å². The molecule has 0 aliphatic heterocycles. The molecule has 0 aliphatic rings. The van der Waals surface area contributed by atoms with E-state index in [4.69, 9.17) is 20.4 Å². The van der Waals surface area contributed by atoms with Crippen molar-refractivity contribution in [2.24, 2.45) is 0 Å². The average molecular weight is 194 g/mol. The second-order valence-corrected chi connectivity index (χ2v) is 2.59. The highest BCUT2D eigenvalue weighted by Gasteiger charge is 2.26. The summed E-state index contributed by atoms with van der Waals surface area (Å²) >= 11 is 0. The Labute approximate surface area is 75.4 Å². The standard InChI is InChI=1S/C7H14O6/c1-13-6(11)2-4(9)7(12)5(10)3-8/h4-5,7-10,12H,2-3H2,1H3/t4-,5-,7+/m1/s1. The smallest absolute Gasteiger partial charge is 0.308 e. The molecule has 6 heteroatoms. The van der Waals surface area contributed by atoms with Gasteiger partial charge in [0.05, 0.1) is 26.2 Å². The predicted molar refractivity (Wildman–Crippen MR) is 41.7 cm³/mol. The summed E-state index contributed by atoms with van der Waals surface area (Å²) in [6, 6.07) is 0. The maximum Gasteiger partial charge on any atom is 0.308 e. The highest BCUT2D eigenvalue weighted by atomic mass is 16.5. The lowest BCUT2D eigenvalue weighted by atomic mass is 10.1. The Hall–Kier alpha value is -0.690. The molecule has 0 spiro atoms. The van der Waals surface area contributed by atoms with E-state index in [-0.39, 0.29) is 0 Å². The molecule has 0 rings (SSSR count). The predicted octanol–water partition coefficient (Wildman–Crippen LogP) is -2.38. The molecular formula is C7H14O6. The fourth-order valence-electron chi connectivity index (χ4n) is 0.739. The van der Waals surface area contributed by atoms with E-state index in [9.17, 15) is 4.79 Å². The van der Waals surface area contributed by atoms with E-state index >= 15 is 0 Å². The Bertz CT molecular complexity index is 159. The Morgan fingerprint density at radius 2 is 1.85 bits per heavy atom. The van der Waals surface area contributed by atoms with Crippen LogP contribution in [-0.2, 0) is 9.53 Å². The molecule has 0 saturated heterocycles. The highest BCUT2D eigenvalue weighted by molar-refractivity contribution is 5.69. The molecule has 0 bridgehead atoms. The summed E-state index contributed by atoms with van der Waals surface area (Å²) in [5, 5.41) is 35.4. The molecule has 4 N–H and O–H groups in total. The molecule has 78 valence electrons. The van der Waals surface area contributed by atoms with Crippen LogP contribution in [0.4, 0.5) is 0 Å². The van der Waals surface area contributed by atoms with Crippen LogP contribution in [0.2, 0.25) is 0 Å². The van der Waals surface area contributed by atoms with Crippen LogP contribution in [0.25, 0.3) is 0 Å². The first kappa shape index (κ1) is 12.3. The van der Waals surface area contributed by atoms with Crippen LogP contribution >= 0.6 is 0 Å². The Kier molecular flexibility index (Phi) is 5.56. The molecule has 0 saturated carbocycles. The van der Waals surface area contributed by atoms with Crippen LogP contribution in [0.1, 0.15) is 6.42 Å². The van der Waals surface area contributed by atoms with E-state index in [0.29, 0.717) is 0 Å². The zero-order chi connectivity index (χ0) is 10.4. The summed E-state index contributed by atoms with van der Waals surface area (Å²) in [4.78, 5) is 10.6. The third-order valence-corrected chi connectivity index (χ3v) is 1.58. The lowest BCUT2D eigenvalue weighted by Crippen LogP contribution is -2.40. The van der Waals surface area contributed by atoms with Crippen LogP contribution in [0.15, 0.2) is 0 Å². The van der Waals surface area contributed by atoms with Gasteiger partial charge in [-0.15, -0.1) is 0 Å². The first-order chi connectivity index (χ1) is 6.02. The van der Waals surface area contributed by atoms with Crippen LogP contribution < -0.4 is 0 Å². The first-order valence-corrected chi connectivity index (χ1v) is 3.74. The van der Waals surface area contributed by atoms with Crippen LogP contribution in [0, 0.1) is 0 Å². The molecule has 0 heterocycles. The van der Waals surface area contributed by atoms with Gasteiger partial charge < -0.3 is 25.2 Å². The van der Waals surface area contributed by atoms with Gasteiger partial charge in [0.15, 0.2) is 0 Å². The summed E-state index contributed by atoms with van der Waals surface area (Å²) in [7, 11) is 1.14. The van der Waals surface area contributed by atoms with Crippen LogP contribution in [-0.4, -0.2) is 58.4 Å². The van der Waals surface area contributed by atoms with Crippen molar-refractivity contribution in [2.75, 3.05) is 13.7 Å². The van der Waals surface area contributed by atoms with Gasteiger partial charge in [-0.05, 0) is 0 Å². The number of carbonyl (C=O) groups excluding carboxylic acids is 1. The normalized spacial score (nSPS) is 17.6. The maximum absolute atomic E-state index is 10.6. The lowest BCUT2D eigenvalue weighted by Gasteiger charge is -2.20. The van der Waals surface area contributed by atoms with Crippen LogP contribution in [0.5, 0.6) is 0 Å². The molecular weight excluding hydrogens is 180 g/mol. The highest BCUT2D eigenvalue weighted by Crippen LogP contribution is 2.04. The van der Waals surface area contributed by atoms with Gasteiger partial charge >= 0.3 is 5.97 Å². The number of aliphatic hydroxyl groups excluding tert-OH is 4. The molecule has 0 aromatic carbocycles. The fraction of sp³-hybridized carbons (Fsp3) is 0.857. The molecule has 6 nitrogen and oxygen atoms in total. The fourth-order valence-corrected chi connectivity index (χ4v) is 0.739. The van der Waals surface area contributed by atoms with Crippen LogP contribution in [0.3, 0.4) is 0 Å². The van der Waals surface area contributed by atoms with Gasteiger partial charge in [-0.2, -0.15) is 0 Å². The minimum absolute atomic E-state index is 0.422. The third kappa shape index (κ3) is 4.18. The minimum Gasteiger partial charge on any atom is -0.469 e. The number of rotatable bonds is 5. The second-order valence-electron chi connectivity index (χ2n) is 2.59. The number of methoxy groups -OCH3 is 1. The van der Waals surface area contributed by atoms with E-state index in [0.717, 1.165) is 7.11 Å². The van der Waals surface area contributed by atoms with Gasteiger partial charge in [0.25, 0.3) is 0 Å². The van der Waals surface area contributed by atoms with Gasteiger partial charge in [0, 0.05) is 0 Å². The second kappa shape index (κ2) is 5.87. The average Bonchev–Trinajstić information content (AvgIpc) is 2.14. The lowest BCUT2D eigenvalue weighted by molar-refractivity contribution is -0.147. The zero-order valence-electron chi connectivity index (χ0n) is 7.25. The van der Waals surface area contributed by atoms with Crippen molar-refractivity contribution in [3.8, 4) is 0 Å². The summed E-state index contributed by atoms with van der Waals surface area (Å²) in [6.45, 7) is -0.681. The molecule has 0 aromatic heterocycles. The number of ether oxygens (including phenoxy) is 1. The number of aliphatic hydroxyl groups is 4. The largest absolute Gasteiger partial charge is 0.469 e. The quantitative estimate of drug-likeness (QED) is 0.364. The van der Waals surface area contributed by atoms with Gasteiger partial charge in [-0.1, -0.05) is 0 Å². The van der Waals surface area contributed by atoms with Gasteiger partial charge in [-0.25, -0.2) is 0 Å². The van der Waals surface area contributed by atoms with Gasteiger partial charge in [0.1, 0.15) is 12.2 Å². The van der Waals surface area contributed by atoms with E-state index in [2.05, 4.69) is 4.74 Å². The number of hydrogen-bond donors (Lipinski definition) is 4. The number of hydrogen-bond acceptors (Lipinski definition) is 6. The molecule has 0 radical (unpaired) electrons. The monoisotopic (exact) mass is 194 g/mol. The first-order valence-electron chi connectivity index (χ1n) is 3.74. The van der Waals surface area contributed by atoms with Crippen molar-refractivity contribution in [1.82, 2.24) is 0 Å². The molecule has 0 unspecified atom stereocenters. The molecule has 0 aliphatic carbocycles. The summed E-state index contributed by atoms with van der Waals surface area (Å²) < 4.78 is 4.23. The van der Waals surface area contributed by atoms with Gasteiger partial charge in [0.2, 0.25) is 0 Å². The number of carbonyl (C=O) groups is 1. The van der Waals surface area contributed by atoms with Crippen molar-refractivity contribution in [2.45, 2.75) is 24.7 Å². The molecule has 0 amide bonds. The molecule has 0 aromatic rings. The molecule has 0 fully saturated rings. The minimum atomic E-state index is -1.55. The number of esters is 1. The summed E-state index contributed by atoms with van der Waals surface area (Å²) in [6.07, 6.45) is -4.87. The Morgan fingerprint density at radius 1 is 1.31 bits per heavy atom. The maximum atomic E-state index is 10.6. The van der Waals surface area contributed by atoms with E-state index in [1.54, 1.807) is 0 Å².